The van der Waals surface area contributed by atoms with E-state index in [-0.39, 0.29) is 23.9 Å². The first-order valence-electron chi connectivity index (χ1n) is 13.0. The van der Waals surface area contributed by atoms with E-state index in [0.717, 1.165) is 30.5 Å². The Bertz CT molecular complexity index is 1330. The fraction of sp³-hybridized carbons (Fsp3) is 0.500. The molecule has 0 saturated carbocycles. The number of aromatic nitrogens is 4. The summed E-state index contributed by atoms with van der Waals surface area (Å²) in [6.07, 6.45) is 9.38. The van der Waals surface area contributed by atoms with Crippen molar-refractivity contribution in [2.75, 3.05) is 13.1 Å². The van der Waals surface area contributed by atoms with E-state index in [1.54, 1.807) is 4.68 Å². The molecule has 5 rings (SSSR count). The van der Waals surface area contributed by atoms with Crippen molar-refractivity contribution < 1.29 is 9.90 Å². The molecule has 1 amide bonds. The quantitative estimate of drug-likeness (QED) is 0.571. The lowest BCUT2D eigenvalue weighted by atomic mass is 9.90. The van der Waals surface area contributed by atoms with Gasteiger partial charge in [-0.1, -0.05) is 43.3 Å². The van der Waals surface area contributed by atoms with E-state index in [9.17, 15) is 14.7 Å². The number of benzene rings is 1. The molecule has 2 aliphatic rings. The third kappa shape index (κ3) is 4.87. The number of amides is 1. The lowest BCUT2D eigenvalue weighted by Crippen LogP contribution is -2.49. The minimum atomic E-state index is -1.06. The van der Waals surface area contributed by atoms with Crippen LogP contribution in [0.3, 0.4) is 0 Å². The van der Waals surface area contributed by atoms with Crippen LogP contribution in [-0.2, 0) is 18.4 Å². The average Bonchev–Trinajstić information content (AvgIpc) is 3.23. The van der Waals surface area contributed by atoms with Crippen LogP contribution in [0.1, 0.15) is 69.0 Å². The Balaban J connectivity index is 1.26. The predicted octanol–water partition coefficient (Wildman–Crippen LogP) is 3.63. The van der Waals surface area contributed by atoms with Gasteiger partial charge in [-0.3, -0.25) is 18.8 Å². The Hall–Kier alpha value is -3.26. The molecule has 1 atom stereocenters. The lowest BCUT2D eigenvalue weighted by Gasteiger charge is -2.38. The topological polar surface area (TPSA) is 93.2 Å². The van der Waals surface area contributed by atoms with Gasteiger partial charge in [0.05, 0.1) is 24.2 Å². The Morgan fingerprint density at radius 1 is 1.14 bits per heavy atom. The Kier molecular flexibility index (Phi) is 6.79. The molecule has 1 aliphatic carbocycles. The van der Waals surface area contributed by atoms with Gasteiger partial charge < -0.3 is 10.0 Å². The second kappa shape index (κ2) is 10.0. The van der Waals surface area contributed by atoms with Crippen molar-refractivity contribution in [1.82, 2.24) is 24.2 Å². The van der Waals surface area contributed by atoms with Gasteiger partial charge in [-0.15, -0.1) is 0 Å². The van der Waals surface area contributed by atoms with Crippen LogP contribution < -0.4 is 5.56 Å². The molecule has 0 bridgehead atoms. The number of hydrogen-bond acceptors (Lipinski definition) is 5. The molecule has 8 heteroatoms. The van der Waals surface area contributed by atoms with Crippen molar-refractivity contribution in [3.05, 3.63) is 64.3 Å². The standard InChI is InChI=1S/C28H35N5O3/c1-20(21-9-5-3-6-10-21)17-23(34)32-15-13-28(36,14-16-32)18-33-19-29-24-25(27(33)35)30-31(2)26(24)22-11-7-4-8-12-22/h3,5-6,9-11,19-20,36H,4,7-8,12-18H2,1-2H3/t20-/m1/s1. The minimum absolute atomic E-state index is 0.103. The molecule has 36 heavy (non-hydrogen) atoms. The van der Waals surface area contributed by atoms with Crippen LogP contribution >= 0.6 is 0 Å². The molecule has 1 aliphatic heterocycles. The molecule has 1 N–H and O–H groups in total. The van der Waals surface area contributed by atoms with Gasteiger partial charge in [0.15, 0.2) is 5.52 Å². The molecular weight excluding hydrogens is 454 g/mol. The summed E-state index contributed by atoms with van der Waals surface area (Å²) in [5.41, 5.74) is 2.95. The molecule has 1 aromatic carbocycles. The fourth-order valence-electron chi connectivity index (χ4n) is 5.56. The van der Waals surface area contributed by atoms with Crippen LogP contribution in [0.25, 0.3) is 16.6 Å². The molecule has 3 aromatic rings. The average molecular weight is 490 g/mol. The molecule has 1 saturated heterocycles. The number of fused-ring (bicyclic) bond motifs is 1. The number of rotatable bonds is 6. The van der Waals surface area contributed by atoms with E-state index in [0.29, 0.717) is 43.4 Å². The van der Waals surface area contributed by atoms with Crippen molar-refractivity contribution in [2.24, 2.45) is 7.05 Å². The van der Waals surface area contributed by atoms with Crippen LogP contribution in [0.15, 0.2) is 47.5 Å². The highest BCUT2D eigenvalue weighted by Crippen LogP contribution is 2.30. The van der Waals surface area contributed by atoms with Crippen LogP contribution in [0.2, 0.25) is 0 Å². The van der Waals surface area contributed by atoms with Crippen LogP contribution in [0.5, 0.6) is 0 Å². The maximum Gasteiger partial charge on any atom is 0.281 e. The third-order valence-electron chi connectivity index (χ3n) is 7.77. The fourth-order valence-corrected chi connectivity index (χ4v) is 5.56. The number of carbonyl (C=O) groups excluding carboxylic acids is 1. The molecular formula is C28H35N5O3. The number of hydrogen-bond donors (Lipinski definition) is 1. The monoisotopic (exact) mass is 489 g/mol. The summed E-state index contributed by atoms with van der Waals surface area (Å²) in [5.74, 6) is 0.246. The molecule has 0 unspecified atom stereocenters. The van der Waals surface area contributed by atoms with Gasteiger partial charge in [0, 0.05) is 26.6 Å². The van der Waals surface area contributed by atoms with Crippen LogP contribution in [-0.4, -0.2) is 53.9 Å². The van der Waals surface area contributed by atoms with Gasteiger partial charge in [0.1, 0.15) is 5.52 Å². The Labute approximate surface area is 211 Å². The normalized spacial score (nSPS) is 18.8. The minimum Gasteiger partial charge on any atom is -0.388 e. The van der Waals surface area contributed by atoms with Crippen molar-refractivity contribution >= 4 is 22.5 Å². The SMILES string of the molecule is C[C@H](CC(=O)N1CCC(O)(Cn2cnc3c(C4=CCCCC4)n(C)nc3c2=O)CC1)c1ccccc1. The molecule has 3 heterocycles. The first kappa shape index (κ1) is 24.4. The molecule has 0 spiro atoms. The summed E-state index contributed by atoms with van der Waals surface area (Å²) < 4.78 is 3.24. The maximum absolute atomic E-state index is 13.3. The first-order valence-corrected chi connectivity index (χ1v) is 13.0. The number of aliphatic hydroxyl groups is 1. The van der Waals surface area contributed by atoms with Gasteiger partial charge in [0.2, 0.25) is 5.91 Å². The van der Waals surface area contributed by atoms with Crippen molar-refractivity contribution in [2.45, 2.75) is 69.9 Å². The lowest BCUT2D eigenvalue weighted by molar-refractivity contribution is -0.136. The molecule has 8 nitrogen and oxygen atoms in total. The van der Waals surface area contributed by atoms with Crippen molar-refractivity contribution in [3.8, 4) is 0 Å². The predicted molar refractivity (Wildman–Crippen MR) is 139 cm³/mol. The summed E-state index contributed by atoms with van der Waals surface area (Å²) in [4.78, 5) is 32.6. The Morgan fingerprint density at radius 2 is 1.89 bits per heavy atom. The molecule has 190 valence electrons. The summed E-state index contributed by atoms with van der Waals surface area (Å²) in [7, 11) is 1.86. The maximum atomic E-state index is 13.3. The van der Waals surface area contributed by atoms with E-state index in [4.69, 9.17) is 0 Å². The number of aryl methyl sites for hydroxylation is 1. The van der Waals surface area contributed by atoms with E-state index >= 15 is 0 Å². The molecule has 1 fully saturated rings. The zero-order valence-electron chi connectivity index (χ0n) is 21.2. The number of carbonyl (C=O) groups is 1. The third-order valence-corrected chi connectivity index (χ3v) is 7.77. The highest BCUT2D eigenvalue weighted by molar-refractivity contribution is 5.87. The van der Waals surface area contributed by atoms with Gasteiger partial charge in [-0.2, -0.15) is 5.10 Å². The summed E-state index contributed by atoms with van der Waals surface area (Å²) in [6.45, 7) is 3.16. The summed E-state index contributed by atoms with van der Waals surface area (Å²) in [5, 5.41) is 15.8. The van der Waals surface area contributed by atoms with Crippen molar-refractivity contribution in [3.63, 3.8) is 0 Å². The second-order valence-corrected chi connectivity index (χ2v) is 10.4. The highest BCUT2D eigenvalue weighted by atomic mass is 16.3. The number of likely N-dealkylation sites (tertiary alicyclic amines) is 1. The zero-order chi connectivity index (χ0) is 25.3. The Morgan fingerprint density at radius 3 is 2.58 bits per heavy atom. The van der Waals surface area contributed by atoms with Crippen molar-refractivity contribution in [1.29, 1.82) is 0 Å². The number of nitrogens with zero attached hydrogens (tertiary/aromatic N) is 5. The first-order chi connectivity index (χ1) is 17.3. The summed E-state index contributed by atoms with van der Waals surface area (Å²) >= 11 is 0. The smallest absolute Gasteiger partial charge is 0.281 e. The van der Waals surface area contributed by atoms with Gasteiger partial charge in [-0.25, -0.2) is 4.98 Å². The van der Waals surface area contributed by atoms with Crippen LogP contribution in [0, 0.1) is 0 Å². The van der Waals surface area contributed by atoms with Crippen LogP contribution in [0.4, 0.5) is 0 Å². The molecule has 0 radical (unpaired) electrons. The second-order valence-electron chi connectivity index (χ2n) is 10.4. The summed E-state index contributed by atoms with van der Waals surface area (Å²) in [6, 6.07) is 10.1. The number of allylic oxidation sites excluding steroid dienone is 2. The van der Waals surface area contributed by atoms with E-state index in [1.807, 2.05) is 42.3 Å². The largest absolute Gasteiger partial charge is 0.388 e. The van der Waals surface area contributed by atoms with E-state index in [2.05, 4.69) is 23.1 Å². The molecule has 2 aromatic heterocycles. The van der Waals surface area contributed by atoms with Gasteiger partial charge in [-0.05, 0) is 55.6 Å². The number of piperidine rings is 1. The zero-order valence-corrected chi connectivity index (χ0v) is 21.2. The van der Waals surface area contributed by atoms with E-state index in [1.165, 1.54) is 22.9 Å². The highest BCUT2D eigenvalue weighted by Gasteiger charge is 2.35. The van der Waals surface area contributed by atoms with E-state index < -0.39 is 5.60 Å². The van der Waals surface area contributed by atoms with Gasteiger partial charge >= 0.3 is 0 Å². The van der Waals surface area contributed by atoms with Gasteiger partial charge in [0.25, 0.3) is 5.56 Å².